The van der Waals surface area contributed by atoms with Gasteiger partial charge in [0.25, 0.3) is 5.69 Å². The molecule has 0 aliphatic rings. The zero-order chi connectivity index (χ0) is 9.42. The van der Waals surface area contributed by atoms with E-state index in [4.69, 9.17) is 11.6 Å². The molecule has 0 saturated heterocycles. The lowest BCUT2D eigenvalue weighted by Gasteiger charge is -1.91. The van der Waals surface area contributed by atoms with E-state index in [1.165, 1.54) is 12.1 Å². The van der Waals surface area contributed by atoms with E-state index in [-0.39, 0.29) is 16.2 Å². The van der Waals surface area contributed by atoms with Gasteiger partial charge in [-0.15, -0.1) is 0 Å². The zero-order valence-electron chi connectivity index (χ0n) is 6.10. The molecule has 1 aromatic carbocycles. The van der Waals surface area contributed by atoms with Gasteiger partial charge in [0.2, 0.25) is 0 Å². The van der Waals surface area contributed by atoms with Crippen molar-refractivity contribution in [2.75, 3.05) is 0 Å². The molecule has 0 amide bonds. The summed E-state index contributed by atoms with van der Waals surface area (Å²) >= 11 is 5.68. The van der Waals surface area contributed by atoms with Crippen LogP contribution in [0.4, 0.5) is 5.69 Å². The first-order chi connectivity index (χ1) is 6.18. The van der Waals surface area contributed by atoms with Gasteiger partial charge in [-0.3, -0.25) is 10.1 Å². The van der Waals surface area contributed by atoms with Crippen molar-refractivity contribution in [2.45, 2.75) is 0 Å². The van der Waals surface area contributed by atoms with Gasteiger partial charge in [-0.1, -0.05) is 11.6 Å². The smallest absolute Gasteiger partial charge is 0.258 e. The van der Waals surface area contributed by atoms with Crippen molar-refractivity contribution < 1.29 is 9.55 Å². The number of fused-ring (bicyclic) bond motifs is 1. The highest BCUT2D eigenvalue weighted by Crippen LogP contribution is 2.26. The molecule has 2 rings (SSSR count). The average molecular weight is 200 g/mol. The average Bonchev–Trinajstić information content (AvgIpc) is 2.51. The van der Waals surface area contributed by atoms with Crippen molar-refractivity contribution in [1.29, 1.82) is 0 Å². The van der Waals surface area contributed by atoms with E-state index in [9.17, 15) is 10.1 Å². The summed E-state index contributed by atoms with van der Waals surface area (Å²) in [5, 5.41) is 17.5. The van der Waals surface area contributed by atoms with Crippen LogP contribution in [-0.2, 0) is 0 Å². The van der Waals surface area contributed by atoms with Crippen molar-refractivity contribution in [3.05, 3.63) is 27.3 Å². The van der Waals surface area contributed by atoms with E-state index in [0.717, 1.165) is 0 Å². The third kappa shape index (κ3) is 1.20. The van der Waals surface area contributed by atoms with Gasteiger partial charge in [-0.2, -0.15) is 0 Å². The molecule has 0 spiro atoms. The zero-order valence-corrected chi connectivity index (χ0v) is 6.85. The van der Waals surface area contributed by atoms with Crippen LogP contribution in [0.15, 0.2) is 16.8 Å². The second-order valence-corrected chi connectivity index (χ2v) is 2.72. The standard InChI is InChI=1S/C6H2ClN3O3/c7-4-1-3(10(11)12)2-5-6(4)9-13-8-5/h1-2H. The number of halogens is 1. The maximum atomic E-state index is 10.4. The Balaban J connectivity index is 2.77. The molecule has 0 aliphatic carbocycles. The van der Waals surface area contributed by atoms with E-state index in [2.05, 4.69) is 14.9 Å². The van der Waals surface area contributed by atoms with E-state index < -0.39 is 4.92 Å². The highest BCUT2D eigenvalue weighted by Gasteiger charge is 2.13. The Labute approximate surface area is 76.2 Å². The van der Waals surface area contributed by atoms with Gasteiger partial charge < -0.3 is 0 Å². The van der Waals surface area contributed by atoms with Gasteiger partial charge in [-0.25, -0.2) is 4.63 Å². The van der Waals surface area contributed by atoms with Crippen LogP contribution in [-0.4, -0.2) is 15.2 Å². The Bertz CT molecular complexity index is 481. The molecule has 0 atom stereocenters. The molecule has 66 valence electrons. The molecule has 6 nitrogen and oxygen atoms in total. The van der Waals surface area contributed by atoms with Gasteiger partial charge in [0.1, 0.15) is 5.52 Å². The molecule has 1 heterocycles. The minimum absolute atomic E-state index is 0.131. The number of nitrogens with zero attached hydrogens (tertiary/aromatic N) is 3. The Morgan fingerprint density at radius 3 is 2.92 bits per heavy atom. The van der Waals surface area contributed by atoms with Crippen molar-refractivity contribution >= 4 is 28.3 Å². The van der Waals surface area contributed by atoms with Crippen LogP contribution in [0.5, 0.6) is 0 Å². The van der Waals surface area contributed by atoms with Crippen LogP contribution in [0.1, 0.15) is 0 Å². The first kappa shape index (κ1) is 7.93. The fourth-order valence-electron chi connectivity index (χ4n) is 0.941. The van der Waals surface area contributed by atoms with Crippen LogP contribution < -0.4 is 0 Å². The number of non-ortho nitro benzene ring substituents is 1. The lowest BCUT2D eigenvalue weighted by atomic mass is 10.3. The largest absolute Gasteiger partial charge is 0.273 e. The monoisotopic (exact) mass is 199 g/mol. The van der Waals surface area contributed by atoms with Gasteiger partial charge in [0, 0.05) is 12.1 Å². The number of aromatic nitrogens is 2. The van der Waals surface area contributed by atoms with Gasteiger partial charge in [0.15, 0.2) is 5.52 Å². The van der Waals surface area contributed by atoms with Crippen molar-refractivity contribution in [3.63, 3.8) is 0 Å². The summed E-state index contributed by atoms with van der Waals surface area (Å²) in [6, 6.07) is 2.45. The van der Waals surface area contributed by atoms with Gasteiger partial charge in [0.05, 0.1) is 9.95 Å². The molecule has 2 aromatic rings. The second kappa shape index (κ2) is 2.67. The fourth-order valence-corrected chi connectivity index (χ4v) is 1.18. The maximum Gasteiger partial charge on any atom is 0.273 e. The second-order valence-electron chi connectivity index (χ2n) is 2.32. The lowest BCUT2D eigenvalue weighted by molar-refractivity contribution is -0.384. The van der Waals surface area contributed by atoms with Crippen LogP contribution in [0.2, 0.25) is 5.02 Å². The van der Waals surface area contributed by atoms with Gasteiger partial charge in [-0.05, 0) is 10.3 Å². The summed E-state index contributed by atoms with van der Waals surface area (Å²) in [5.74, 6) is 0. The Kier molecular flexibility index (Phi) is 1.63. The molecule has 13 heavy (non-hydrogen) atoms. The van der Waals surface area contributed by atoms with Crippen LogP contribution in [0.25, 0.3) is 11.0 Å². The Hall–Kier alpha value is -1.69. The van der Waals surface area contributed by atoms with Crippen molar-refractivity contribution in [3.8, 4) is 0 Å². The summed E-state index contributed by atoms with van der Waals surface area (Å²) < 4.78 is 4.37. The van der Waals surface area contributed by atoms with Crippen LogP contribution >= 0.6 is 11.6 Å². The number of nitro groups is 1. The topological polar surface area (TPSA) is 82.1 Å². The van der Waals surface area contributed by atoms with E-state index >= 15 is 0 Å². The Morgan fingerprint density at radius 1 is 1.46 bits per heavy atom. The molecular formula is C6H2ClN3O3. The molecule has 0 radical (unpaired) electrons. The number of hydrogen-bond donors (Lipinski definition) is 0. The highest BCUT2D eigenvalue weighted by molar-refractivity contribution is 6.35. The van der Waals surface area contributed by atoms with E-state index in [1.807, 2.05) is 0 Å². The molecule has 1 aromatic heterocycles. The summed E-state index contributed by atoms with van der Waals surface area (Å²) in [6.45, 7) is 0. The van der Waals surface area contributed by atoms with Crippen LogP contribution in [0, 0.1) is 10.1 Å². The van der Waals surface area contributed by atoms with Crippen molar-refractivity contribution in [1.82, 2.24) is 10.3 Å². The predicted octanol–water partition coefficient (Wildman–Crippen LogP) is 1.78. The minimum Gasteiger partial charge on any atom is -0.258 e. The molecule has 0 bridgehead atoms. The molecular weight excluding hydrogens is 198 g/mol. The third-order valence-electron chi connectivity index (χ3n) is 1.51. The fraction of sp³-hybridized carbons (Fsp3) is 0. The third-order valence-corrected chi connectivity index (χ3v) is 1.80. The summed E-state index contributed by atoms with van der Waals surface area (Å²) in [4.78, 5) is 9.83. The predicted molar refractivity (Wildman–Crippen MR) is 43.5 cm³/mol. The molecule has 0 N–H and O–H groups in total. The van der Waals surface area contributed by atoms with Crippen LogP contribution in [0.3, 0.4) is 0 Å². The number of rotatable bonds is 1. The molecule has 7 heteroatoms. The van der Waals surface area contributed by atoms with E-state index in [1.54, 1.807) is 0 Å². The Morgan fingerprint density at radius 2 is 2.23 bits per heavy atom. The normalized spacial score (nSPS) is 10.5. The number of nitro benzene ring substituents is 1. The first-order valence-corrected chi connectivity index (χ1v) is 3.62. The minimum atomic E-state index is -0.556. The number of benzene rings is 1. The number of hydrogen-bond acceptors (Lipinski definition) is 5. The first-order valence-electron chi connectivity index (χ1n) is 3.24. The summed E-state index contributed by atoms with van der Waals surface area (Å²) in [5.41, 5.74) is 0.472. The maximum absolute atomic E-state index is 10.4. The lowest BCUT2D eigenvalue weighted by Crippen LogP contribution is -1.87. The quantitative estimate of drug-likeness (QED) is 0.516. The van der Waals surface area contributed by atoms with Gasteiger partial charge >= 0.3 is 0 Å². The highest BCUT2D eigenvalue weighted by atomic mass is 35.5. The summed E-state index contributed by atoms with van der Waals surface area (Å²) in [6.07, 6.45) is 0. The van der Waals surface area contributed by atoms with Crippen molar-refractivity contribution in [2.24, 2.45) is 0 Å². The van der Waals surface area contributed by atoms with E-state index in [0.29, 0.717) is 5.52 Å². The molecule has 0 aliphatic heterocycles. The molecule has 0 unspecified atom stereocenters. The summed E-state index contributed by atoms with van der Waals surface area (Å²) in [7, 11) is 0. The molecule has 0 saturated carbocycles. The molecule has 0 fully saturated rings. The SMILES string of the molecule is O=[N+]([O-])c1cc(Cl)c2nonc2c1.